The number of hydrogen-bond donors (Lipinski definition) is 17. The normalized spacial score (nSPS) is 24.9. The number of phosphoric ester groups is 3. The molecule has 6 aliphatic heterocycles. The molecule has 0 saturated carbocycles. The Morgan fingerprint density at radius 1 is 0.397 bits per heavy atom. The highest BCUT2D eigenvalue weighted by Crippen LogP contribution is 2.49. The smallest absolute Gasteiger partial charge is 0.400 e. The third kappa shape index (κ3) is 62.1. The highest BCUT2D eigenvalue weighted by Gasteiger charge is 2.49. The Hall–Kier alpha value is -2.92. The van der Waals surface area contributed by atoms with Crippen molar-refractivity contribution in [1.29, 1.82) is 4.29 Å². The van der Waals surface area contributed by atoms with Crippen molar-refractivity contribution in [3.63, 3.8) is 0 Å². The Kier molecular flexibility index (Phi) is 84.8. The van der Waals surface area contributed by atoms with Crippen LogP contribution in [0.4, 0.5) is 0 Å². The molecule has 0 aliphatic carbocycles. The molecule has 6 saturated heterocycles. The molecule has 6 rings (SSSR count). The van der Waals surface area contributed by atoms with Crippen LogP contribution >= 0.6 is 23.5 Å². The summed E-state index contributed by atoms with van der Waals surface area (Å²) in [5.74, 6) is -1.94. The fourth-order valence-electron chi connectivity index (χ4n) is 15.3. The minimum absolute atomic E-state index is 0. The van der Waals surface area contributed by atoms with E-state index in [1.165, 1.54) is 42.3 Å². The van der Waals surface area contributed by atoms with Gasteiger partial charge in [0.15, 0.2) is 18.9 Å². The van der Waals surface area contributed by atoms with Crippen LogP contribution in [-0.2, 0) is 154 Å². The lowest BCUT2D eigenvalue weighted by Gasteiger charge is -2.42. The number of phosphoric acid groups is 3. The summed E-state index contributed by atoms with van der Waals surface area (Å²) in [7, 11) is -6.72. The lowest BCUT2D eigenvalue weighted by Crippen LogP contribution is -2.64. The summed E-state index contributed by atoms with van der Waals surface area (Å²) < 4.78 is 190. The molecule has 0 radical (unpaired) electrons. The molecule has 6 aliphatic rings. The summed E-state index contributed by atoms with van der Waals surface area (Å²) in [6.45, 7) is 20.2. The van der Waals surface area contributed by atoms with Gasteiger partial charge in [0, 0.05) is 200 Å². The van der Waals surface area contributed by atoms with Crippen LogP contribution in [0.15, 0.2) is 0 Å². The van der Waals surface area contributed by atoms with Gasteiger partial charge in [-0.1, -0.05) is 76.6 Å². The van der Waals surface area contributed by atoms with Gasteiger partial charge in [0.05, 0.1) is 128 Å². The first-order valence-corrected chi connectivity index (χ1v) is 55.7. The molecule has 0 aromatic heterocycles. The van der Waals surface area contributed by atoms with Crippen LogP contribution in [0.2, 0.25) is 0 Å². The quantitative estimate of drug-likeness (QED) is 0.0300. The second-order valence-corrected chi connectivity index (χ2v) is 37.9. The van der Waals surface area contributed by atoms with Crippen LogP contribution < -0.4 is 10.6 Å². The predicted molar refractivity (Wildman–Crippen MR) is 545 cm³/mol. The number of ether oxygens (including phenoxy) is 14. The monoisotopic (exact) mass is 2230 g/mol. The van der Waals surface area contributed by atoms with Gasteiger partial charge in [-0.3, -0.25) is 51.1 Å². The van der Waals surface area contributed by atoms with Gasteiger partial charge in [-0.15, -0.1) is 0 Å². The Labute approximate surface area is 885 Å². The van der Waals surface area contributed by atoms with Crippen LogP contribution in [0.25, 0.3) is 0 Å². The molecule has 0 aromatic carbocycles. The molecule has 872 valence electrons. The second-order valence-electron chi connectivity index (χ2n) is 33.7. The molecule has 0 aromatic rings. The van der Waals surface area contributed by atoms with Gasteiger partial charge >= 0.3 is 23.5 Å². The summed E-state index contributed by atoms with van der Waals surface area (Å²) in [4.78, 5) is 99.5. The Bertz CT molecular complexity index is 3310. The number of amides is 5. The highest BCUT2D eigenvalue weighted by molar-refractivity contribution is 8.07. The van der Waals surface area contributed by atoms with Crippen molar-refractivity contribution in [3.8, 4) is 0 Å². The van der Waals surface area contributed by atoms with Gasteiger partial charge < -0.3 is 168 Å². The number of nitrogens with zero attached hydrogens (tertiary/aromatic N) is 3. The minimum Gasteiger partial charge on any atom is -0.400 e. The number of aliphatic hydroxyl groups excluding tert-OH is 12. The number of unbranched alkanes of at least 4 members (excludes halogenated alkanes) is 3. The maximum atomic E-state index is 13.1. The van der Waals surface area contributed by atoms with Crippen molar-refractivity contribution < 1.29 is 211 Å². The molecular formula is C93H190N5O43P3S2. The Morgan fingerprint density at radius 3 is 0.890 bits per heavy atom. The van der Waals surface area contributed by atoms with Crippen molar-refractivity contribution >= 4 is 75.4 Å². The van der Waals surface area contributed by atoms with Crippen molar-refractivity contribution in [2.45, 2.75) is 329 Å². The van der Waals surface area contributed by atoms with E-state index in [4.69, 9.17) is 102 Å². The summed E-state index contributed by atoms with van der Waals surface area (Å²) in [5.41, 5.74) is -1.39. The largest absolute Gasteiger partial charge is 0.472 e. The van der Waals surface area contributed by atoms with E-state index in [1.54, 1.807) is 28.7 Å². The van der Waals surface area contributed by atoms with E-state index in [0.29, 0.717) is 125 Å². The van der Waals surface area contributed by atoms with Crippen LogP contribution in [0, 0.1) is 16.7 Å². The van der Waals surface area contributed by atoms with Gasteiger partial charge in [0.2, 0.25) is 33.8 Å². The molecule has 53 heteroatoms. The fourth-order valence-corrected chi connectivity index (χ4v) is 18.3. The third-order valence-electron chi connectivity index (χ3n) is 22.4. The number of rotatable bonds is 66. The van der Waals surface area contributed by atoms with Crippen LogP contribution in [0.1, 0.15) is 229 Å². The first-order valence-electron chi connectivity index (χ1n) is 53.2. The standard InChI is InChI=1S/C68H124N5O36P3.C15H32O4.3C2H6.3CH4O.CH4.S2/c1-45-59(82)60(83)51(38-74)104-65(45)98-32-8-5-14-54(79)71-23-17-48(18-24-71)107-110(88,89)101-35-11-29-95-42-68(41-94-4,43-96-30-12-36-102-111(90,91)108-49-19-25-72(26-20-49)55(80)15-6-9-33-99-66-57(69-46(2)77)63(86)61(84)52(39-75)105-66)44-97-31-13-37-103-112(92,93)109-50-21-27-73(28-22-50)56(81)16-7-10-34-100-67-58(70-47(3)78)64(87)62(85)53(40-76)106-67;1-5-8-17-12-15(11-16-4,13-18-9-6-2)14-19-10-7-3;6*1-2;;1-2/h45,48-53,57-67,74-76,82-87H,5-44H2,1-4H3,(H,69,77)(H,70,78)(H,88,89)(H,90,91)(H,92,93);5-14H2,1-4H3;3*1-2H3;3*2H,1H3;1H4;/i;1D,2D,3D;;;;3*2T;;. The number of carbonyl (C=O) groups excluding carboxylic acids is 5. The van der Waals surface area contributed by atoms with Gasteiger partial charge in [0.1, 0.15) is 60.9 Å². The third-order valence-corrected chi connectivity index (χ3v) is 25.6. The highest BCUT2D eigenvalue weighted by atomic mass is 32.8. The van der Waals surface area contributed by atoms with E-state index in [1.807, 2.05) is 41.5 Å². The van der Waals surface area contributed by atoms with Gasteiger partial charge in [0.25, 0.3) is 0 Å². The van der Waals surface area contributed by atoms with E-state index in [0.717, 1.165) is 0 Å². The van der Waals surface area contributed by atoms with Gasteiger partial charge in [-0.05, 0) is 116 Å². The van der Waals surface area contributed by atoms with E-state index < -0.39 is 171 Å². The summed E-state index contributed by atoms with van der Waals surface area (Å²) in [6, 6.07) is -2.19. The number of methoxy groups -OCH3 is 2. The summed E-state index contributed by atoms with van der Waals surface area (Å²) in [5, 5.41) is 106. The zero-order chi connectivity index (χ0) is 115. The van der Waals surface area contributed by atoms with Gasteiger partial charge in [-0.2, -0.15) is 0 Å². The number of hydrogen-bond acceptors (Lipinski definition) is 42. The molecule has 5 amide bonds. The van der Waals surface area contributed by atoms with Crippen molar-refractivity contribution in [1.82, 2.24) is 25.3 Å². The SMILES string of the molecule is C.CC.CC.CC.COCC(COCCCOP(=O)(O)OC1CCN(C(=O)CCCCOC2OC(CO)C(O)C(O)C2C)CC1)(COCCCOP(=O)(O)OC1CCN(C(=O)CCCCOC2OC(CO)C(O)C(O)C2NC(C)=O)CC1)COCCCOP(=O)(O)OC1CCN(C(=O)CCCCOC2OC(CO)C(O)C(O)C2NC(C)=O)CC1.S=S.[2H]CCCOCC(COC)(COCCC[2H])COCCC[2H].[3H]OC.[3H]OC.[3H]OC. The molecule has 146 heavy (non-hydrogen) atoms. The first-order chi connectivity index (χ1) is 72.3. The zero-order valence-corrected chi connectivity index (χ0v) is 92.2. The number of carbonyl (C=O) groups is 5. The number of likely N-dealkylation sites (tertiary alicyclic amines) is 3. The van der Waals surface area contributed by atoms with Crippen molar-refractivity contribution in [3.05, 3.63) is 0 Å². The van der Waals surface area contributed by atoms with E-state index in [2.05, 4.69) is 48.3 Å². The molecule has 6 heterocycles. The lowest BCUT2D eigenvalue weighted by atomic mass is 9.92. The number of nitrogens with one attached hydrogen (secondary N) is 2. The average Bonchev–Trinajstić information content (AvgIpc) is 0.800. The average molecular weight is 2230 g/mol. The van der Waals surface area contributed by atoms with Crippen LogP contribution in [0.5, 0.6) is 0 Å². The molecule has 6 fully saturated rings. The van der Waals surface area contributed by atoms with E-state index >= 15 is 0 Å². The minimum atomic E-state index is -4.57. The number of aliphatic hydroxyl groups is 12. The zero-order valence-electron chi connectivity index (χ0n) is 93.9. The lowest BCUT2D eigenvalue weighted by molar-refractivity contribution is -0.282. The summed E-state index contributed by atoms with van der Waals surface area (Å²) in [6.07, 6.45) is -9.39. The fraction of sp³-hybridized carbons (Fsp3) is 0.946. The predicted octanol–water partition coefficient (Wildman–Crippen LogP) is 4.17. The van der Waals surface area contributed by atoms with Crippen LogP contribution in [0.3, 0.4) is 0 Å². The summed E-state index contributed by atoms with van der Waals surface area (Å²) >= 11 is 7.33. The molecule has 18 atom stereocenters. The van der Waals surface area contributed by atoms with Crippen LogP contribution in [-0.4, -0.2) is 455 Å². The molecule has 0 spiro atoms. The first kappa shape index (κ1) is 137. The van der Waals surface area contributed by atoms with E-state index in [-0.39, 0.29) is 233 Å². The molecule has 18 unspecified atom stereocenters. The maximum absolute atomic E-state index is 13.1. The molecule has 17 N–H and O–H groups in total. The van der Waals surface area contributed by atoms with Crippen molar-refractivity contribution in [2.24, 2.45) is 16.7 Å². The molecular weight excluding hydrogens is 2030 g/mol. The molecule has 0 bridgehead atoms. The van der Waals surface area contributed by atoms with E-state index in [9.17, 15) is 98.3 Å². The number of piperidine rings is 3. The van der Waals surface area contributed by atoms with Crippen molar-refractivity contribution in [2.75, 3.05) is 227 Å². The Morgan fingerprint density at radius 2 is 0.644 bits per heavy atom. The maximum Gasteiger partial charge on any atom is 0.472 e. The Balaban J connectivity index is -0.00000233. The topological polar surface area (TPSA) is 658 Å². The molecule has 48 nitrogen and oxygen atoms in total. The second kappa shape index (κ2) is 90.2. The van der Waals surface area contributed by atoms with Gasteiger partial charge in [-0.25, -0.2) is 13.7 Å².